The number of nitrogens with zero attached hydrogens (tertiary/aromatic N) is 2. The molecule has 4 nitrogen and oxygen atoms in total. The molecule has 1 aromatic carbocycles. The Labute approximate surface area is 115 Å². The van der Waals surface area contributed by atoms with Gasteiger partial charge in [-0.2, -0.15) is 4.98 Å². The maximum atomic E-state index is 13.1. The average Bonchev–Trinajstić information content (AvgIpc) is 2.87. The molecule has 1 aliphatic rings. The molecule has 0 unspecified atom stereocenters. The molecule has 1 atom stereocenters. The van der Waals surface area contributed by atoms with Crippen molar-refractivity contribution in [1.82, 2.24) is 15.5 Å². The van der Waals surface area contributed by atoms with E-state index in [0.29, 0.717) is 17.3 Å². The minimum atomic E-state index is -0.599. The molecule has 0 saturated carbocycles. The fourth-order valence-corrected chi connectivity index (χ4v) is 2.44. The van der Waals surface area contributed by atoms with Crippen LogP contribution in [0.1, 0.15) is 42.6 Å². The van der Waals surface area contributed by atoms with Crippen LogP contribution < -0.4 is 5.32 Å². The number of nitrogens with one attached hydrogen (secondary N) is 1. The second kappa shape index (κ2) is 5.66. The summed E-state index contributed by atoms with van der Waals surface area (Å²) in [5.74, 6) is -0.204. The maximum Gasteiger partial charge on any atom is 0.243 e. The molecule has 6 heteroatoms. The lowest BCUT2D eigenvalue weighted by Crippen LogP contribution is -2.27. The number of rotatable bonds is 3. The van der Waals surface area contributed by atoms with Crippen molar-refractivity contribution in [2.75, 3.05) is 6.54 Å². The Morgan fingerprint density at radius 1 is 1.20 bits per heavy atom. The second-order valence-corrected chi connectivity index (χ2v) is 5.01. The first-order chi connectivity index (χ1) is 9.70. The van der Waals surface area contributed by atoms with Gasteiger partial charge in [0.15, 0.2) is 5.82 Å². The van der Waals surface area contributed by atoms with Crippen molar-refractivity contribution in [3.05, 3.63) is 47.1 Å². The molecule has 2 heterocycles. The lowest BCUT2D eigenvalue weighted by atomic mass is 10.1. The molecule has 0 spiro atoms. The molecule has 0 aliphatic carbocycles. The highest BCUT2D eigenvalue weighted by Gasteiger charge is 2.21. The molecule has 0 bridgehead atoms. The van der Waals surface area contributed by atoms with Crippen LogP contribution in [0.2, 0.25) is 0 Å². The van der Waals surface area contributed by atoms with Gasteiger partial charge in [0.1, 0.15) is 11.6 Å². The monoisotopic (exact) mass is 279 g/mol. The van der Waals surface area contributed by atoms with Gasteiger partial charge < -0.3 is 9.84 Å². The largest absolute Gasteiger partial charge is 0.338 e. The van der Waals surface area contributed by atoms with Gasteiger partial charge in [0.2, 0.25) is 5.89 Å². The Morgan fingerprint density at radius 3 is 2.70 bits per heavy atom. The van der Waals surface area contributed by atoms with Gasteiger partial charge in [-0.3, -0.25) is 0 Å². The molecule has 0 amide bonds. The van der Waals surface area contributed by atoms with Crippen LogP contribution in [0, 0.1) is 11.6 Å². The summed E-state index contributed by atoms with van der Waals surface area (Å²) in [6, 6.07) is 3.49. The molecular formula is C14H15F2N3O. The van der Waals surface area contributed by atoms with Gasteiger partial charge in [-0.1, -0.05) is 11.6 Å². The SMILES string of the molecule is Fc1cc(F)cc(Cc2noc([C@H]3CCCCN3)n2)c1. The van der Waals surface area contributed by atoms with E-state index in [-0.39, 0.29) is 12.5 Å². The van der Waals surface area contributed by atoms with Gasteiger partial charge >= 0.3 is 0 Å². The maximum absolute atomic E-state index is 13.1. The third kappa shape index (κ3) is 3.01. The zero-order valence-electron chi connectivity index (χ0n) is 10.9. The summed E-state index contributed by atoms with van der Waals surface area (Å²) < 4.78 is 31.5. The Balaban J connectivity index is 1.73. The van der Waals surface area contributed by atoms with Crippen molar-refractivity contribution in [3.8, 4) is 0 Å². The van der Waals surface area contributed by atoms with E-state index < -0.39 is 11.6 Å². The zero-order valence-corrected chi connectivity index (χ0v) is 10.9. The minimum absolute atomic E-state index is 0.0919. The van der Waals surface area contributed by atoms with E-state index in [0.717, 1.165) is 31.9 Å². The van der Waals surface area contributed by atoms with Crippen molar-refractivity contribution < 1.29 is 13.3 Å². The first kappa shape index (κ1) is 13.2. The van der Waals surface area contributed by atoms with Gasteiger partial charge in [0.05, 0.1) is 6.04 Å². The normalized spacial score (nSPS) is 19.2. The molecule has 20 heavy (non-hydrogen) atoms. The summed E-state index contributed by atoms with van der Waals surface area (Å²) in [7, 11) is 0. The Morgan fingerprint density at radius 2 is 2.00 bits per heavy atom. The van der Waals surface area contributed by atoms with E-state index >= 15 is 0 Å². The summed E-state index contributed by atoms with van der Waals surface area (Å²) in [5, 5.41) is 7.19. The number of aromatic nitrogens is 2. The van der Waals surface area contributed by atoms with E-state index in [9.17, 15) is 8.78 Å². The van der Waals surface area contributed by atoms with E-state index in [2.05, 4.69) is 15.5 Å². The Kier molecular flexibility index (Phi) is 3.73. The number of halogens is 2. The average molecular weight is 279 g/mol. The molecule has 1 N–H and O–H groups in total. The predicted octanol–water partition coefficient (Wildman–Crippen LogP) is 2.75. The summed E-state index contributed by atoms with van der Waals surface area (Å²) in [5.41, 5.74) is 0.492. The molecule has 1 aromatic heterocycles. The van der Waals surface area contributed by atoms with Crippen molar-refractivity contribution in [2.24, 2.45) is 0 Å². The number of hydrogen-bond donors (Lipinski definition) is 1. The lowest BCUT2D eigenvalue weighted by molar-refractivity contribution is 0.296. The first-order valence-electron chi connectivity index (χ1n) is 6.71. The summed E-state index contributed by atoms with van der Waals surface area (Å²) in [6.45, 7) is 0.942. The quantitative estimate of drug-likeness (QED) is 0.938. The van der Waals surface area contributed by atoms with E-state index in [4.69, 9.17) is 4.52 Å². The van der Waals surface area contributed by atoms with Crippen molar-refractivity contribution in [3.63, 3.8) is 0 Å². The van der Waals surface area contributed by atoms with Crippen LogP contribution in [0.3, 0.4) is 0 Å². The highest BCUT2D eigenvalue weighted by molar-refractivity contribution is 5.21. The molecule has 2 aromatic rings. The van der Waals surface area contributed by atoms with Crippen molar-refractivity contribution in [2.45, 2.75) is 31.7 Å². The molecular weight excluding hydrogens is 264 g/mol. The third-order valence-corrected chi connectivity index (χ3v) is 3.38. The standard InChI is InChI=1S/C14H15F2N3O/c15-10-5-9(6-11(16)8-10)7-13-18-14(20-19-13)12-3-1-2-4-17-12/h5-6,8,12,17H,1-4,7H2/t12-/m1/s1. The van der Waals surface area contributed by atoms with Gasteiger partial charge in [-0.05, 0) is 37.1 Å². The third-order valence-electron chi connectivity index (χ3n) is 3.38. The van der Waals surface area contributed by atoms with Crippen molar-refractivity contribution in [1.29, 1.82) is 0 Å². The lowest BCUT2D eigenvalue weighted by Gasteiger charge is -2.19. The molecule has 106 valence electrons. The van der Waals surface area contributed by atoms with Crippen molar-refractivity contribution >= 4 is 0 Å². The number of hydrogen-bond acceptors (Lipinski definition) is 4. The van der Waals surface area contributed by atoms with E-state index in [1.54, 1.807) is 0 Å². The topological polar surface area (TPSA) is 51.0 Å². The number of piperidine rings is 1. The smallest absolute Gasteiger partial charge is 0.243 e. The van der Waals surface area contributed by atoms with Crippen LogP contribution in [0.4, 0.5) is 8.78 Å². The van der Waals surface area contributed by atoms with Crippen LogP contribution >= 0.6 is 0 Å². The van der Waals surface area contributed by atoms with Gasteiger partial charge in [-0.15, -0.1) is 0 Å². The highest BCUT2D eigenvalue weighted by Crippen LogP contribution is 2.21. The van der Waals surface area contributed by atoms with E-state index in [1.807, 2.05) is 0 Å². The van der Waals surface area contributed by atoms with Gasteiger partial charge in [0, 0.05) is 12.5 Å². The van der Waals surface area contributed by atoms with Crippen LogP contribution in [-0.4, -0.2) is 16.7 Å². The van der Waals surface area contributed by atoms with Gasteiger partial charge in [0.25, 0.3) is 0 Å². The summed E-state index contributed by atoms with van der Waals surface area (Å²) >= 11 is 0. The zero-order chi connectivity index (χ0) is 13.9. The number of benzene rings is 1. The highest BCUT2D eigenvalue weighted by atomic mass is 19.1. The molecule has 1 saturated heterocycles. The van der Waals surface area contributed by atoms with Gasteiger partial charge in [-0.25, -0.2) is 8.78 Å². The van der Waals surface area contributed by atoms with Crippen LogP contribution in [0.25, 0.3) is 0 Å². The minimum Gasteiger partial charge on any atom is -0.338 e. The first-order valence-corrected chi connectivity index (χ1v) is 6.71. The predicted molar refractivity (Wildman–Crippen MR) is 68.1 cm³/mol. The summed E-state index contributed by atoms with van der Waals surface area (Å²) in [6.07, 6.45) is 3.51. The fraction of sp³-hybridized carbons (Fsp3) is 0.429. The molecule has 1 aliphatic heterocycles. The van der Waals surface area contributed by atoms with Crippen LogP contribution in [0.15, 0.2) is 22.7 Å². The Hall–Kier alpha value is -1.82. The Bertz CT molecular complexity index is 574. The fourth-order valence-electron chi connectivity index (χ4n) is 2.44. The summed E-state index contributed by atoms with van der Waals surface area (Å²) in [4.78, 5) is 4.30. The molecule has 1 fully saturated rings. The van der Waals surface area contributed by atoms with E-state index in [1.165, 1.54) is 12.1 Å². The second-order valence-electron chi connectivity index (χ2n) is 5.01. The molecule has 0 radical (unpaired) electrons. The molecule has 3 rings (SSSR count). The van der Waals surface area contributed by atoms with Crippen LogP contribution in [-0.2, 0) is 6.42 Å². The van der Waals surface area contributed by atoms with Crippen LogP contribution in [0.5, 0.6) is 0 Å².